The Kier molecular flexibility index (Phi) is 11.0. The molecule has 1 aliphatic rings. The lowest BCUT2D eigenvalue weighted by atomic mass is 10.0. The van der Waals surface area contributed by atoms with E-state index in [1.54, 1.807) is 14.2 Å². The summed E-state index contributed by atoms with van der Waals surface area (Å²) in [5.74, 6) is 0.508. The molecular formula is C18H30FIN4O2. The summed E-state index contributed by atoms with van der Waals surface area (Å²) in [7, 11) is 3.42. The van der Waals surface area contributed by atoms with Gasteiger partial charge in [0.1, 0.15) is 5.82 Å². The molecule has 0 aliphatic carbocycles. The van der Waals surface area contributed by atoms with E-state index in [0.717, 1.165) is 37.8 Å². The van der Waals surface area contributed by atoms with Crippen LogP contribution in [0.3, 0.4) is 0 Å². The fourth-order valence-corrected chi connectivity index (χ4v) is 2.94. The molecule has 148 valence electrons. The Balaban J connectivity index is 0.00000338. The smallest absolute Gasteiger partial charge is 0.191 e. The van der Waals surface area contributed by atoms with Gasteiger partial charge in [0, 0.05) is 39.8 Å². The summed E-state index contributed by atoms with van der Waals surface area (Å²) in [4.78, 5) is 6.63. The predicted molar refractivity (Wildman–Crippen MR) is 113 cm³/mol. The number of nitrogens with zero attached hydrogens (tertiary/aromatic N) is 2. The maximum Gasteiger partial charge on any atom is 0.191 e. The standard InChI is InChI=1S/C18H29FN4O2.HI/c1-14(13-24-3)22-18(20-2)21-12-17(23-8-10-25-11-9-23)15-4-6-16(19)7-5-15;/h4-7,14,17H,8-13H2,1-3H3,(H2,20,21,22);1H. The maximum absolute atomic E-state index is 13.3. The van der Waals surface area contributed by atoms with Crippen LogP contribution in [0.4, 0.5) is 4.39 Å². The number of guanidine groups is 1. The number of benzene rings is 1. The van der Waals surface area contributed by atoms with Crippen LogP contribution in [0.2, 0.25) is 0 Å². The number of nitrogens with one attached hydrogen (secondary N) is 2. The van der Waals surface area contributed by atoms with E-state index in [1.807, 2.05) is 19.1 Å². The van der Waals surface area contributed by atoms with Crippen molar-refractivity contribution in [1.29, 1.82) is 0 Å². The second-order valence-corrected chi connectivity index (χ2v) is 6.17. The van der Waals surface area contributed by atoms with Crippen LogP contribution in [0.1, 0.15) is 18.5 Å². The molecule has 0 radical (unpaired) electrons. The van der Waals surface area contributed by atoms with E-state index in [0.29, 0.717) is 13.2 Å². The third-order valence-corrected chi connectivity index (χ3v) is 4.23. The molecule has 1 aromatic carbocycles. The van der Waals surface area contributed by atoms with Gasteiger partial charge in [-0.1, -0.05) is 12.1 Å². The molecule has 8 heteroatoms. The summed E-state index contributed by atoms with van der Waals surface area (Å²) in [5.41, 5.74) is 1.08. The normalized spacial score (nSPS) is 17.9. The van der Waals surface area contributed by atoms with E-state index in [-0.39, 0.29) is 41.9 Å². The molecule has 0 bridgehead atoms. The number of morpholine rings is 1. The molecule has 2 unspecified atom stereocenters. The summed E-state index contributed by atoms with van der Waals surface area (Å²) in [6, 6.07) is 7.00. The van der Waals surface area contributed by atoms with Gasteiger partial charge < -0.3 is 20.1 Å². The monoisotopic (exact) mass is 480 g/mol. The van der Waals surface area contributed by atoms with Gasteiger partial charge in [-0.15, -0.1) is 24.0 Å². The first-order chi connectivity index (χ1) is 12.1. The predicted octanol–water partition coefficient (Wildman–Crippen LogP) is 2.02. The average molecular weight is 480 g/mol. The molecule has 1 heterocycles. The Hall–Kier alpha value is -0.970. The minimum absolute atomic E-state index is 0. The second kappa shape index (κ2) is 12.4. The minimum Gasteiger partial charge on any atom is -0.383 e. The first kappa shape index (κ1) is 23.1. The summed E-state index contributed by atoms with van der Waals surface area (Å²) in [6.07, 6.45) is 0. The SMILES string of the molecule is CN=C(NCC(c1ccc(F)cc1)N1CCOCC1)NC(C)COC.I. The van der Waals surface area contributed by atoms with Crippen molar-refractivity contribution in [2.24, 2.45) is 4.99 Å². The van der Waals surface area contributed by atoms with Crippen LogP contribution in [-0.2, 0) is 9.47 Å². The van der Waals surface area contributed by atoms with Gasteiger partial charge in [-0.3, -0.25) is 9.89 Å². The Morgan fingerprint density at radius 3 is 2.54 bits per heavy atom. The Morgan fingerprint density at radius 1 is 1.31 bits per heavy atom. The fourth-order valence-electron chi connectivity index (χ4n) is 2.94. The molecule has 0 saturated carbocycles. The van der Waals surface area contributed by atoms with Crippen molar-refractivity contribution in [2.75, 3.05) is 53.6 Å². The van der Waals surface area contributed by atoms with Crippen LogP contribution in [-0.4, -0.2) is 70.5 Å². The number of rotatable bonds is 7. The third kappa shape index (κ3) is 7.34. The molecule has 2 rings (SSSR count). The molecule has 6 nitrogen and oxygen atoms in total. The molecular weight excluding hydrogens is 450 g/mol. The lowest BCUT2D eigenvalue weighted by molar-refractivity contribution is 0.0169. The zero-order valence-corrected chi connectivity index (χ0v) is 18.0. The van der Waals surface area contributed by atoms with Crippen molar-refractivity contribution in [3.05, 3.63) is 35.6 Å². The van der Waals surface area contributed by atoms with Crippen molar-refractivity contribution in [3.63, 3.8) is 0 Å². The average Bonchev–Trinajstić information content (AvgIpc) is 2.63. The topological polar surface area (TPSA) is 58.1 Å². The molecule has 0 amide bonds. The van der Waals surface area contributed by atoms with E-state index in [4.69, 9.17) is 9.47 Å². The zero-order valence-electron chi connectivity index (χ0n) is 15.7. The van der Waals surface area contributed by atoms with Crippen molar-refractivity contribution in [3.8, 4) is 0 Å². The van der Waals surface area contributed by atoms with Crippen molar-refractivity contribution >= 4 is 29.9 Å². The van der Waals surface area contributed by atoms with E-state index < -0.39 is 0 Å². The Morgan fingerprint density at radius 2 is 1.96 bits per heavy atom. The van der Waals surface area contributed by atoms with E-state index in [9.17, 15) is 4.39 Å². The molecule has 0 aromatic heterocycles. The van der Waals surface area contributed by atoms with Gasteiger partial charge in [0.25, 0.3) is 0 Å². The van der Waals surface area contributed by atoms with Gasteiger partial charge in [0.15, 0.2) is 5.96 Å². The zero-order chi connectivity index (χ0) is 18.1. The van der Waals surface area contributed by atoms with E-state index >= 15 is 0 Å². The van der Waals surface area contributed by atoms with Gasteiger partial charge in [-0.25, -0.2) is 4.39 Å². The second-order valence-electron chi connectivity index (χ2n) is 6.17. The molecule has 26 heavy (non-hydrogen) atoms. The summed E-state index contributed by atoms with van der Waals surface area (Å²) in [6.45, 7) is 6.46. The van der Waals surface area contributed by atoms with Crippen LogP contribution >= 0.6 is 24.0 Å². The van der Waals surface area contributed by atoms with Crippen LogP contribution in [0.5, 0.6) is 0 Å². The molecule has 1 saturated heterocycles. The van der Waals surface area contributed by atoms with Crippen LogP contribution in [0.15, 0.2) is 29.3 Å². The van der Waals surface area contributed by atoms with E-state index in [2.05, 4.69) is 20.5 Å². The molecule has 2 N–H and O–H groups in total. The summed E-state index contributed by atoms with van der Waals surface area (Å²) < 4.78 is 23.9. The third-order valence-electron chi connectivity index (χ3n) is 4.23. The van der Waals surface area contributed by atoms with Crippen molar-refractivity contribution in [2.45, 2.75) is 19.0 Å². The Labute approximate surface area is 172 Å². The summed E-state index contributed by atoms with van der Waals surface area (Å²) in [5, 5.41) is 6.67. The quantitative estimate of drug-likeness (QED) is 0.356. The van der Waals surface area contributed by atoms with Gasteiger partial charge in [0.2, 0.25) is 0 Å². The number of hydrogen-bond donors (Lipinski definition) is 2. The highest BCUT2D eigenvalue weighted by molar-refractivity contribution is 14.0. The maximum atomic E-state index is 13.3. The highest BCUT2D eigenvalue weighted by Gasteiger charge is 2.23. The molecule has 1 aromatic rings. The number of halogens is 2. The van der Waals surface area contributed by atoms with Crippen molar-refractivity contribution in [1.82, 2.24) is 15.5 Å². The molecule has 2 atom stereocenters. The summed E-state index contributed by atoms with van der Waals surface area (Å²) >= 11 is 0. The minimum atomic E-state index is -0.219. The number of hydrogen-bond acceptors (Lipinski definition) is 4. The number of aliphatic imine (C=N–C) groups is 1. The largest absolute Gasteiger partial charge is 0.383 e. The van der Waals surface area contributed by atoms with Gasteiger partial charge in [-0.05, 0) is 24.6 Å². The molecule has 1 aliphatic heterocycles. The Bertz CT molecular complexity index is 538. The van der Waals surface area contributed by atoms with Gasteiger partial charge >= 0.3 is 0 Å². The van der Waals surface area contributed by atoms with Gasteiger partial charge in [-0.2, -0.15) is 0 Å². The highest BCUT2D eigenvalue weighted by Crippen LogP contribution is 2.21. The first-order valence-electron chi connectivity index (χ1n) is 8.67. The fraction of sp³-hybridized carbons (Fsp3) is 0.611. The highest BCUT2D eigenvalue weighted by atomic mass is 127. The number of methoxy groups -OCH3 is 1. The molecule has 0 spiro atoms. The van der Waals surface area contributed by atoms with E-state index in [1.165, 1.54) is 12.1 Å². The molecule has 1 fully saturated rings. The van der Waals surface area contributed by atoms with Crippen LogP contribution in [0.25, 0.3) is 0 Å². The lowest BCUT2D eigenvalue weighted by Crippen LogP contribution is -2.48. The van der Waals surface area contributed by atoms with Gasteiger partial charge in [0.05, 0.1) is 25.9 Å². The number of ether oxygens (including phenoxy) is 2. The first-order valence-corrected chi connectivity index (χ1v) is 8.67. The van der Waals surface area contributed by atoms with Crippen LogP contribution in [0, 0.1) is 5.82 Å². The lowest BCUT2D eigenvalue weighted by Gasteiger charge is -2.35. The van der Waals surface area contributed by atoms with Crippen LogP contribution < -0.4 is 10.6 Å². The van der Waals surface area contributed by atoms with Crippen molar-refractivity contribution < 1.29 is 13.9 Å².